The van der Waals surface area contributed by atoms with Crippen LogP contribution in [0.5, 0.6) is 0 Å². The van der Waals surface area contributed by atoms with Crippen LogP contribution in [0.3, 0.4) is 0 Å². The molecule has 0 heterocycles. The standard InChI is InChI=1S/C12H9BrClFN2O2S/c13-9-3-2-8(16)6-12(9)20(18,19)17-11-4-1-7(15)5-10(11)14/h1-6,17H,16H2. The van der Waals surface area contributed by atoms with Gasteiger partial charge in [0.25, 0.3) is 10.0 Å². The highest BCUT2D eigenvalue weighted by Crippen LogP contribution is 2.29. The van der Waals surface area contributed by atoms with Crippen molar-refractivity contribution in [2.45, 2.75) is 4.90 Å². The number of nitrogens with one attached hydrogen (secondary N) is 1. The van der Waals surface area contributed by atoms with Gasteiger partial charge in [0.05, 0.1) is 10.7 Å². The zero-order valence-electron chi connectivity index (χ0n) is 9.90. The van der Waals surface area contributed by atoms with Crippen LogP contribution >= 0.6 is 27.5 Å². The van der Waals surface area contributed by atoms with Gasteiger partial charge in [-0.2, -0.15) is 0 Å². The Kier molecular flexibility index (Phi) is 4.22. The molecule has 0 fully saturated rings. The van der Waals surface area contributed by atoms with Gasteiger partial charge in [-0.3, -0.25) is 4.72 Å². The molecule has 0 saturated heterocycles. The maximum atomic E-state index is 12.9. The molecule has 106 valence electrons. The third-order valence-corrected chi connectivity index (χ3v) is 5.09. The number of rotatable bonds is 3. The molecule has 2 aromatic carbocycles. The van der Waals surface area contributed by atoms with Crippen molar-refractivity contribution in [2.24, 2.45) is 0 Å². The summed E-state index contributed by atoms with van der Waals surface area (Å²) in [5.41, 5.74) is 5.97. The summed E-state index contributed by atoms with van der Waals surface area (Å²) in [6.07, 6.45) is 0. The molecule has 2 rings (SSSR count). The maximum Gasteiger partial charge on any atom is 0.263 e. The Morgan fingerprint density at radius 2 is 1.90 bits per heavy atom. The van der Waals surface area contributed by atoms with E-state index in [9.17, 15) is 12.8 Å². The van der Waals surface area contributed by atoms with Crippen LogP contribution in [-0.2, 0) is 10.0 Å². The van der Waals surface area contributed by atoms with E-state index in [1.807, 2.05) is 0 Å². The van der Waals surface area contributed by atoms with Crippen LogP contribution < -0.4 is 10.5 Å². The van der Waals surface area contributed by atoms with Crippen molar-refractivity contribution in [1.82, 2.24) is 0 Å². The number of hydrogen-bond acceptors (Lipinski definition) is 3. The minimum atomic E-state index is -3.89. The van der Waals surface area contributed by atoms with E-state index in [4.69, 9.17) is 17.3 Å². The summed E-state index contributed by atoms with van der Waals surface area (Å²) in [6, 6.07) is 7.77. The molecule has 0 radical (unpaired) electrons. The topological polar surface area (TPSA) is 72.2 Å². The number of benzene rings is 2. The SMILES string of the molecule is Nc1ccc(Br)c(S(=O)(=O)Nc2ccc(F)cc2Cl)c1. The van der Waals surface area contributed by atoms with Crippen molar-refractivity contribution < 1.29 is 12.8 Å². The van der Waals surface area contributed by atoms with E-state index < -0.39 is 15.8 Å². The van der Waals surface area contributed by atoms with Gasteiger partial charge in [0.2, 0.25) is 0 Å². The highest BCUT2D eigenvalue weighted by molar-refractivity contribution is 9.10. The van der Waals surface area contributed by atoms with Gasteiger partial charge in [-0.05, 0) is 52.3 Å². The van der Waals surface area contributed by atoms with Crippen molar-refractivity contribution in [3.05, 3.63) is 51.7 Å². The summed E-state index contributed by atoms with van der Waals surface area (Å²) in [7, 11) is -3.89. The first-order chi connectivity index (χ1) is 9.29. The summed E-state index contributed by atoms with van der Waals surface area (Å²) in [4.78, 5) is -0.0297. The van der Waals surface area contributed by atoms with Crippen molar-refractivity contribution in [3.8, 4) is 0 Å². The fourth-order valence-electron chi connectivity index (χ4n) is 1.50. The summed E-state index contributed by atoms with van der Waals surface area (Å²) < 4.78 is 40.1. The van der Waals surface area contributed by atoms with E-state index in [1.54, 1.807) is 6.07 Å². The van der Waals surface area contributed by atoms with Gasteiger partial charge in [-0.1, -0.05) is 11.6 Å². The van der Waals surface area contributed by atoms with Crippen LogP contribution in [0.1, 0.15) is 0 Å². The molecule has 4 nitrogen and oxygen atoms in total. The predicted molar refractivity (Wildman–Crippen MR) is 80.8 cm³/mol. The molecule has 0 aliphatic rings. The lowest BCUT2D eigenvalue weighted by Crippen LogP contribution is -2.14. The van der Waals surface area contributed by atoms with E-state index in [-0.39, 0.29) is 15.6 Å². The molecule has 8 heteroatoms. The second kappa shape index (κ2) is 5.59. The molecule has 0 atom stereocenters. The minimum absolute atomic E-state index is 0.0297. The monoisotopic (exact) mass is 378 g/mol. The average Bonchev–Trinajstić information content (AvgIpc) is 2.35. The summed E-state index contributed by atoms with van der Waals surface area (Å²) in [5.74, 6) is -0.553. The first kappa shape index (κ1) is 15.1. The van der Waals surface area contributed by atoms with E-state index in [1.165, 1.54) is 18.2 Å². The third kappa shape index (κ3) is 3.23. The van der Waals surface area contributed by atoms with Gasteiger partial charge >= 0.3 is 0 Å². The molecule has 3 N–H and O–H groups in total. The molecular formula is C12H9BrClFN2O2S. The minimum Gasteiger partial charge on any atom is -0.399 e. The zero-order valence-corrected chi connectivity index (χ0v) is 13.1. The summed E-state index contributed by atoms with van der Waals surface area (Å²) in [5, 5.41) is -0.0337. The lowest BCUT2D eigenvalue weighted by molar-refractivity contribution is 0.600. The van der Waals surface area contributed by atoms with E-state index in [0.717, 1.165) is 12.1 Å². The molecule has 0 unspecified atom stereocenters. The molecule has 0 aromatic heterocycles. The van der Waals surface area contributed by atoms with Gasteiger partial charge in [0.15, 0.2) is 0 Å². The predicted octanol–water partition coefficient (Wildman–Crippen LogP) is 3.62. The van der Waals surface area contributed by atoms with Gasteiger partial charge in [0.1, 0.15) is 10.7 Å². The molecule has 0 amide bonds. The number of hydrogen-bond donors (Lipinski definition) is 2. The van der Waals surface area contributed by atoms with Gasteiger partial charge in [-0.15, -0.1) is 0 Å². The smallest absolute Gasteiger partial charge is 0.263 e. The molecule has 0 aliphatic carbocycles. The maximum absolute atomic E-state index is 12.9. The molecule has 20 heavy (non-hydrogen) atoms. The summed E-state index contributed by atoms with van der Waals surface area (Å²) >= 11 is 8.93. The summed E-state index contributed by atoms with van der Waals surface area (Å²) in [6.45, 7) is 0. The lowest BCUT2D eigenvalue weighted by Gasteiger charge is -2.11. The van der Waals surface area contributed by atoms with Gasteiger partial charge < -0.3 is 5.73 Å². The van der Waals surface area contributed by atoms with Gasteiger partial charge in [0, 0.05) is 10.2 Å². The van der Waals surface area contributed by atoms with Crippen LogP contribution in [0.15, 0.2) is 45.8 Å². The first-order valence-corrected chi connectivity index (χ1v) is 7.98. The van der Waals surface area contributed by atoms with Crippen LogP contribution in [0, 0.1) is 5.82 Å². The molecule has 2 aromatic rings. The van der Waals surface area contributed by atoms with Crippen molar-refractivity contribution in [2.75, 3.05) is 10.5 Å². The Morgan fingerprint density at radius 3 is 2.55 bits per heavy atom. The van der Waals surface area contributed by atoms with Crippen LogP contribution in [0.4, 0.5) is 15.8 Å². The number of sulfonamides is 1. The average molecular weight is 380 g/mol. The first-order valence-electron chi connectivity index (χ1n) is 5.32. The second-order valence-corrected chi connectivity index (χ2v) is 6.83. The van der Waals surface area contributed by atoms with E-state index >= 15 is 0 Å². The second-order valence-electron chi connectivity index (χ2n) is 3.92. The van der Waals surface area contributed by atoms with E-state index in [2.05, 4.69) is 20.7 Å². The van der Waals surface area contributed by atoms with Crippen LogP contribution in [0.2, 0.25) is 5.02 Å². The Morgan fingerprint density at radius 1 is 1.20 bits per heavy atom. The highest BCUT2D eigenvalue weighted by Gasteiger charge is 2.19. The molecular weight excluding hydrogens is 371 g/mol. The number of anilines is 2. The Hall–Kier alpha value is -1.31. The van der Waals surface area contributed by atoms with Crippen LogP contribution in [-0.4, -0.2) is 8.42 Å². The lowest BCUT2D eigenvalue weighted by atomic mass is 10.3. The van der Waals surface area contributed by atoms with Crippen molar-refractivity contribution in [1.29, 1.82) is 0 Å². The fourth-order valence-corrected chi connectivity index (χ4v) is 3.85. The highest BCUT2D eigenvalue weighted by atomic mass is 79.9. The fraction of sp³-hybridized carbons (Fsp3) is 0. The van der Waals surface area contributed by atoms with E-state index in [0.29, 0.717) is 10.2 Å². The molecule has 0 bridgehead atoms. The quantitative estimate of drug-likeness (QED) is 0.800. The Bertz CT molecular complexity index is 768. The number of nitrogens with two attached hydrogens (primary N) is 1. The normalized spacial score (nSPS) is 11.3. The Balaban J connectivity index is 2.43. The number of halogens is 3. The van der Waals surface area contributed by atoms with Gasteiger partial charge in [-0.25, -0.2) is 12.8 Å². The Labute approximate surface area is 128 Å². The van der Waals surface area contributed by atoms with Crippen LogP contribution in [0.25, 0.3) is 0 Å². The molecule has 0 spiro atoms. The third-order valence-electron chi connectivity index (χ3n) is 2.42. The van der Waals surface area contributed by atoms with Crippen molar-refractivity contribution in [3.63, 3.8) is 0 Å². The zero-order chi connectivity index (χ0) is 14.9. The number of nitrogen functional groups attached to an aromatic ring is 1. The van der Waals surface area contributed by atoms with Crippen molar-refractivity contribution >= 4 is 48.9 Å². The molecule has 0 saturated carbocycles. The largest absolute Gasteiger partial charge is 0.399 e. The molecule has 0 aliphatic heterocycles.